The molecule has 158 valence electrons. The van der Waals surface area contributed by atoms with Crippen LogP contribution in [-0.4, -0.2) is 45.8 Å². The van der Waals surface area contributed by atoms with Crippen molar-refractivity contribution in [3.8, 4) is 5.69 Å². The highest BCUT2D eigenvalue weighted by molar-refractivity contribution is 6.30. The molecule has 1 saturated heterocycles. The Balaban J connectivity index is 1.41. The molecule has 1 aromatic heterocycles. The first-order valence-corrected chi connectivity index (χ1v) is 9.74. The average Bonchev–Trinajstić information content (AvgIpc) is 3.27. The summed E-state index contributed by atoms with van der Waals surface area (Å²) in [5.41, 5.74) is 1.46. The fourth-order valence-corrected chi connectivity index (χ4v) is 3.21. The third-order valence-corrected chi connectivity index (χ3v) is 4.93. The molecule has 1 atom stereocenters. The molecule has 31 heavy (non-hydrogen) atoms. The number of hydrogen-bond donors (Lipinski definition) is 2. The van der Waals surface area contributed by atoms with Crippen molar-refractivity contribution >= 4 is 34.9 Å². The van der Waals surface area contributed by atoms with Crippen LogP contribution in [0.25, 0.3) is 5.69 Å². The third kappa shape index (κ3) is 4.73. The Morgan fingerprint density at radius 1 is 1.03 bits per heavy atom. The molecule has 0 bridgehead atoms. The number of aromatic nitrogens is 2. The maximum absolute atomic E-state index is 12.7. The zero-order chi connectivity index (χ0) is 21.8. The molecule has 0 aliphatic carbocycles. The summed E-state index contributed by atoms with van der Waals surface area (Å²) in [6.45, 7) is 0.0891. The molecule has 0 saturated carbocycles. The van der Waals surface area contributed by atoms with Crippen molar-refractivity contribution < 1.29 is 14.3 Å². The van der Waals surface area contributed by atoms with Crippen molar-refractivity contribution in [1.29, 1.82) is 0 Å². The van der Waals surface area contributed by atoms with Gasteiger partial charge in [0.15, 0.2) is 0 Å². The second-order valence-electron chi connectivity index (χ2n) is 6.74. The number of amides is 3. The highest BCUT2D eigenvalue weighted by Gasteiger charge is 2.35. The number of benzene rings is 2. The quantitative estimate of drug-likeness (QED) is 0.650. The molecule has 2 aromatic carbocycles. The highest BCUT2D eigenvalue weighted by atomic mass is 35.5. The summed E-state index contributed by atoms with van der Waals surface area (Å²) in [5, 5.41) is 6.05. The van der Waals surface area contributed by atoms with E-state index in [9.17, 15) is 14.4 Å². The van der Waals surface area contributed by atoms with Crippen molar-refractivity contribution in [2.45, 2.75) is 6.04 Å². The van der Waals surface area contributed by atoms with Gasteiger partial charge in [-0.1, -0.05) is 11.6 Å². The minimum atomic E-state index is -0.783. The monoisotopic (exact) mass is 439 g/mol. The van der Waals surface area contributed by atoms with Crippen molar-refractivity contribution in [2.75, 3.05) is 24.0 Å². The molecule has 3 aromatic rings. The van der Waals surface area contributed by atoms with Crippen LogP contribution < -0.4 is 16.2 Å². The summed E-state index contributed by atoms with van der Waals surface area (Å²) in [6.07, 6.45) is 4.29. The number of nitrogens with zero attached hydrogens (tertiary/aromatic N) is 3. The van der Waals surface area contributed by atoms with E-state index in [0.29, 0.717) is 22.1 Å². The first kappa shape index (κ1) is 20.6. The molecule has 10 heteroatoms. The van der Waals surface area contributed by atoms with Gasteiger partial charge < -0.3 is 15.4 Å². The molecule has 2 N–H and O–H groups in total. The van der Waals surface area contributed by atoms with Crippen LogP contribution in [0.1, 0.15) is 0 Å². The van der Waals surface area contributed by atoms with Gasteiger partial charge in [-0.15, -0.1) is 0 Å². The van der Waals surface area contributed by atoms with Crippen LogP contribution in [0.3, 0.4) is 0 Å². The van der Waals surface area contributed by atoms with E-state index < -0.39 is 12.1 Å². The van der Waals surface area contributed by atoms with Crippen LogP contribution in [0.4, 0.5) is 16.2 Å². The SMILES string of the molecule is O=C(Nc1ccc(-n2ccncc2=O)cc1)C1COCN1C(=O)Nc1ccc(Cl)cc1. The van der Waals surface area contributed by atoms with Gasteiger partial charge >= 0.3 is 6.03 Å². The Kier molecular flexibility index (Phi) is 5.96. The fraction of sp³-hybridized carbons (Fsp3) is 0.143. The normalized spacial score (nSPS) is 15.5. The number of carbonyl (C=O) groups excluding carboxylic acids is 2. The Morgan fingerprint density at radius 2 is 1.71 bits per heavy atom. The van der Waals surface area contributed by atoms with Crippen molar-refractivity contribution in [3.63, 3.8) is 0 Å². The van der Waals surface area contributed by atoms with Crippen LogP contribution >= 0.6 is 11.6 Å². The Labute approximate surface area is 182 Å². The molecule has 1 aliphatic rings. The summed E-state index contributed by atoms with van der Waals surface area (Å²) in [7, 11) is 0. The Hall–Kier alpha value is -3.69. The van der Waals surface area contributed by atoms with Crippen molar-refractivity contribution in [2.24, 2.45) is 0 Å². The highest BCUT2D eigenvalue weighted by Crippen LogP contribution is 2.18. The average molecular weight is 440 g/mol. The van der Waals surface area contributed by atoms with Gasteiger partial charge in [-0.3, -0.25) is 24.0 Å². The van der Waals surface area contributed by atoms with E-state index in [1.165, 1.54) is 21.9 Å². The molecule has 1 aliphatic heterocycles. The number of nitrogens with one attached hydrogen (secondary N) is 2. The van der Waals surface area contributed by atoms with Crippen molar-refractivity contribution in [3.05, 3.63) is 82.5 Å². The van der Waals surface area contributed by atoms with Crippen molar-refractivity contribution in [1.82, 2.24) is 14.5 Å². The summed E-state index contributed by atoms with van der Waals surface area (Å²) < 4.78 is 6.77. The van der Waals surface area contributed by atoms with E-state index >= 15 is 0 Å². The maximum atomic E-state index is 12.7. The van der Waals surface area contributed by atoms with Crippen LogP contribution in [0, 0.1) is 0 Å². The summed E-state index contributed by atoms with van der Waals surface area (Å²) >= 11 is 5.85. The van der Waals surface area contributed by atoms with E-state index in [2.05, 4.69) is 15.6 Å². The minimum Gasteiger partial charge on any atom is -0.358 e. The molecule has 3 amide bonds. The second-order valence-corrected chi connectivity index (χ2v) is 7.18. The number of halogens is 1. The lowest BCUT2D eigenvalue weighted by Crippen LogP contribution is -2.46. The van der Waals surface area contributed by atoms with Gasteiger partial charge in [0.2, 0.25) is 5.91 Å². The van der Waals surface area contributed by atoms with E-state index in [1.807, 2.05) is 0 Å². The predicted octanol–water partition coefficient (Wildman–Crippen LogP) is 2.71. The van der Waals surface area contributed by atoms with Gasteiger partial charge in [0, 0.05) is 34.5 Å². The van der Waals surface area contributed by atoms with Gasteiger partial charge in [-0.05, 0) is 48.5 Å². The number of carbonyl (C=O) groups is 2. The zero-order valence-corrected chi connectivity index (χ0v) is 17.0. The van der Waals surface area contributed by atoms with E-state index in [-0.39, 0.29) is 24.8 Å². The first-order chi connectivity index (χ1) is 15.0. The van der Waals surface area contributed by atoms with Gasteiger partial charge in [-0.2, -0.15) is 0 Å². The predicted molar refractivity (Wildman–Crippen MR) is 115 cm³/mol. The van der Waals surface area contributed by atoms with Gasteiger partial charge in [0.05, 0.1) is 12.8 Å². The molecule has 2 heterocycles. The lowest BCUT2D eigenvalue weighted by molar-refractivity contribution is -0.119. The second kappa shape index (κ2) is 8.99. The lowest BCUT2D eigenvalue weighted by atomic mass is 10.2. The summed E-state index contributed by atoms with van der Waals surface area (Å²) in [6, 6.07) is 12.2. The standard InChI is InChI=1S/C21H18ClN5O4/c22-14-1-3-16(4-2-14)25-21(30)27-13-31-12-18(27)20(29)24-15-5-7-17(8-6-15)26-10-9-23-11-19(26)28/h1-11,18H,12-13H2,(H,24,29)(H,25,30). The number of urea groups is 1. The van der Waals surface area contributed by atoms with E-state index in [4.69, 9.17) is 16.3 Å². The Bertz CT molecular complexity index is 1150. The van der Waals surface area contributed by atoms with Gasteiger partial charge in [0.25, 0.3) is 5.56 Å². The largest absolute Gasteiger partial charge is 0.358 e. The smallest absolute Gasteiger partial charge is 0.324 e. The van der Waals surface area contributed by atoms with Gasteiger partial charge in [-0.25, -0.2) is 4.79 Å². The van der Waals surface area contributed by atoms with E-state index in [0.717, 1.165) is 0 Å². The summed E-state index contributed by atoms with van der Waals surface area (Å²) in [5.74, 6) is -0.377. The molecule has 0 radical (unpaired) electrons. The topological polar surface area (TPSA) is 106 Å². The third-order valence-electron chi connectivity index (χ3n) is 4.68. The molecule has 9 nitrogen and oxygen atoms in total. The molecule has 4 rings (SSSR count). The van der Waals surface area contributed by atoms with Crippen LogP contribution in [0.2, 0.25) is 5.02 Å². The molecular formula is C21H18ClN5O4. The van der Waals surface area contributed by atoms with E-state index in [1.54, 1.807) is 54.7 Å². The van der Waals surface area contributed by atoms with Crippen LogP contribution in [0.15, 0.2) is 71.9 Å². The lowest BCUT2D eigenvalue weighted by Gasteiger charge is -2.22. The molecule has 1 fully saturated rings. The number of hydrogen-bond acceptors (Lipinski definition) is 5. The fourth-order valence-electron chi connectivity index (χ4n) is 3.08. The number of rotatable bonds is 4. The van der Waals surface area contributed by atoms with Crippen LogP contribution in [-0.2, 0) is 9.53 Å². The van der Waals surface area contributed by atoms with Crippen LogP contribution in [0.5, 0.6) is 0 Å². The number of anilines is 2. The maximum Gasteiger partial charge on any atom is 0.324 e. The molecule has 0 spiro atoms. The Morgan fingerprint density at radius 3 is 2.42 bits per heavy atom. The number of ether oxygens (including phenoxy) is 1. The first-order valence-electron chi connectivity index (χ1n) is 9.36. The summed E-state index contributed by atoms with van der Waals surface area (Å²) in [4.78, 5) is 42.3. The zero-order valence-electron chi connectivity index (χ0n) is 16.2. The van der Waals surface area contributed by atoms with Gasteiger partial charge in [0.1, 0.15) is 12.8 Å². The molecular weight excluding hydrogens is 422 g/mol. The molecule has 1 unspecified atom stereocenters. The minimum absolute atomic E-state index is 0.00140.